The Morgan fingerprint density at radius 2 is 0.796 bits per heavy atom. The molecule has 320 valence electrons. The van der Waals surface area contributed by atoms with Crippen LogP contribution in [0.25, 0.3) is 0 Å². The van der Waals surface area contributed by atoms with Gasteiger partial charge < -0.3 is 20.6 Å². The number of allylic oxidation sites excluding steroid dienone is 4. The van der Waals surface area contributed by atoms with E-state index in [1.807, 2.05) is 0 Å². The quantitative estimate of drug-likeness (QED) is 0.0368. The van der Waals surface area contributed by atoms with Crippen molar-refractivity contribution in [2.75, 3.05) is 6.61 Å². The zero-order valence-electron chi connectivity index (χ0n) is 36.4. The highest BCUT2D eigenvalue weighted by Crippen LogP contribution is 2.16. The summed E-state index contributed by atoms with van der Waals surface area (Å²) >= 11 is 0. The summed E-state index contributed by atoms with van der Waals surface area (Å²) in [5.41, 5.74) is 0. The van der Waals surface area contributed by atoms with Crippen LogP contribution in [-0.4, -0.2) is 46.1 Å². The number of hydrogen-bond donors (Lipinski definition) is 4. The van der Waals surface area contributed by atoms with Crippen LogP contribution in [0.1, 0.15) is 258 Å². The minimum Gasteiger partial charge on any atom is -0.394 e. The van der Waals surface area contributed by atoms with E-state index in [2.05, 4.69) is 43.5 Å². The van der Waals surface area contributed by atoms with Crippen LogP contribution in [0, 0.1) is 0 Å². The van der Waals surface area contributed by atoms with E-state index in [1.165, 1.54) is 193 Å². The first kappa shape index (κ1) is 52.8. The molecule has 0 radical (unpaired) electrons. The average Bonchev–Trinajstić information content (AvgIpc) is 3.16. The van der Waals surface area contributed by atoms with E-state index in [0.29, 0.717) is 12.8 Å². The topological polar surface area (TPSA) is 89.8 Å². The third kappa shape index (κ3) is 40.5. The van der Waals surface area contributed by atoms with E-state index < -0.39 is 18.2 Å². The number of carbonyl (C=O) groups is 1. The van der Waals surface area contributed by atoms with Crippen molar-refractivity contribution in [1.82, 2.24) is 5.32 Å². The van der Waals surface area contributed by atoms with Gasteiger partial charge in [-0.3, -0.25) is 4.79 Å². The van der Waals surface area contributed by atoms with E-state index in [1.54, 1.807) is 0 Å². The molecule has 4 N–H and O–H groups in total. The molecule has 3 atom stereocenters. The lowest BCUT2D eigenvalue weighted by Gasteiger charge is -2.23. The van der Waals surface area contributed by atoms with E-state index in [9.17, 15) is 20.1 Å². The third-order valence-corrected chi connectivity index (χ3v) is 11.3. The summed E-state index contributed by atoms with van der Waals surface area (Å²) in [7, 11) is 0. The van der Waals surface area contributed by atoms with Gasteiger partial charge in [-0.2, -0.15) is 0 Å². The second-order valence-electron chi connectivity index (χ2n) is 16.7. The lowest BCUT2D eigenvalue weighted by atomic mass is 10.0. The van der Waals surface area contributed by atoms with Gasteiger partial charge in [0.05, 0.1) is 31.3 Å². The Kier molecular flexibility index (Phi) is 43.6. The molecule has 0 aromatic rings. The highest BCUT2D eigenvalue weighted by molar-refractivity contribution is 5.76. The Bertz CT molecular complexity index is 799. The van der Waals surface area contributed by atoms with Gasteiger partial charge in [-0.25, -0.2) is 0 Å². The molecular formula is C49H95NO4. The van der Waals surface area contributed by atoms with Gasteiger partial charge in [-0.15, -0.1) is 0 Å². The van der Waals surface area contributed by atoms with Crippen LogP contribution in [0.2, 0.25) is 0 Å². The van der Waals surface area contributed by atoms with Crippen molar-refractivity contribution in [2.45, 2.75) is 276 Å². The highest BCUT2D eigenvalue weighted by Gasteiger charge is 2.21. The van der Waals surface area contributed by atoms with Gasteiger partial charge in [0, 0.05) is 0 Å². The van der Waals surface area contributed by atoms with Crippen molar-refractivity contribution in [3.05, 3.63) is 24.3 Å². The second kappa shape index (κ2) is 44.5. The van der Waals surface area contributed by atoms with Crippen LogP contribution in [0.15, 0.2) is 24.3 Å². The maximum Gasteiger partial charge on any atom is 0.222 e. The minimum absolute atomic E-state index is 0.0366. The predicted molar refractivity (Wildman–Crippen MR) is 236 cm³/mol. The summed E-state index contributed by atoms with van der Waals surface area (Å²) in [5.74, 6) is -0.283. The number of aliphatic hydroxyl groups excluding tert-OH is 3. The molecule has 1 amide bonds. The van der Waals surface area contributed by atoms with Crippen molar-refractivity contribution >= 4 is 5.91 Å². The van der Waals surface area contributed by atoms with Crippen molar-refractivity contribution in [2.24, 2.45) is 0 Å². The molecule has 0 spiro atoms. The normalized spacial score (nSPS) is 13.6. The fourth-order valence-corrected chi connectivity index (χ4v) is 7.55. The van der Waals surface area contributed by atoms with E-state index in [4.69, 9.17) is 0 Å². The number of amides is 1. The standard InChI is InChI=1S/C49H95NO4/c1-3-5-7-9-11-13-15-17-18-19-20-21-22-23-24-25-26-27-28-29-30-31-32-34-36-38-40-42-46(52)44-49(54)50-47(45-51)48(53)43-41-39-37-35-33-16-14-12-10-8-6-4-2/h20-21,23-24,46-48,51-53H,3-19,22,25-45H2,1-2H3,(H,50,54)/b21-20-,24-23-. The van der Waals surface area contributed by atoms with Gasteiger partial charge in [0.25, 0.3) is 0 Å². The van der Waals surface area contributed by atoms with Crippen LogP contribution in [0.3, 0.4) is 0 Å². The Labute approximate surface area is 337 Å². The first-order valence-corrected chi connectivity index (χ1v) is 24.1. The number of unbranched alkanes of at least 4 members (excludes halogenated alkanes) is 31. The number of carbonyl (C=O) groups excluding carboxylic acids is 1. The summed E-state index contributed by atoms with van der Waals surface area (Å²) in [5, 5.41) is 33.4. The molecule has 0 fully saturated rings. The van der Waals surface area contributed by atoms with Crippen LogP contribution in [-0.2, 0) is 4.79 Å². The summed E-state index contributed by atoms with van der Waals surface area (Å²) in [6, 6.07) is -0.656. The van der Waals surface area contributed by atoms with E-state index in [-0.39, 0.29) is 18.9 Å². The van der Waals surface area contributed by atoms with Crippen LogP contribution >= 0.6 is 0 Å². The molecule has 0 bridgehead atoms. The van der Waals surface area contributed by atoms with Crippen molar-refractivity contribution in [1.29, 1.82) is 0 Å². The first-order valence-electron chi connectivity index (χ1n) is 24.1. The Morgan fingerprint density at radius 1 is 0.463 bits per heavy atom. The maximum atomic E-state index is 12.5. The Hall–Kier alpha value is -1.17. The van der Waals surface area contributed by atoms with Gasteiger partial charge in [0.1, 0.15) is 0 Å². The van der Waals surface area contributed by atoms with Gasteiger partial charge >= 0.3 is 0 Å². The summed E-state index contributed by atoms with van der Waals surface area (Å²) in [6.45, 7) is 4.26. The molecule has 0 aliphatic heterocycles. The molecule has 0 rings (SSSR count). The summed E-state index contributed by atoms with van der Waals surface area (Å²) in [4.78, 5) is 12.5. The smallest absolute Gasteiger partial charge is 0.222 e. The van der Waals surface area contributed by atoms with Crippen molar-refractivity contribution in [3.8, 4) is 0 Å². The molecule has 0 aromatic carbocycles. The van der Waals surface area contributed by atoms with E-state index >= 15 is 0 Å². The van der Waals surface area contributed by atoms with Gasteiger partial charge in [-0.1, -0.05) is 231 Å². The Morgan fingerprint density at radius 3 is 1.17 bits per heavy atom. The molecule has 0 aliphatic carbocycles. The molecule has 0 aromatic heterocycles. The number of aliphatic hydroxyl groups is 3. The lowest BCUT2D eigenvalue weighted by molar-refractivity contribution is -0.125. The lowest BCUT2D eigenvalue weighted by Crippen LogP contribution is -2.46. The number of rotatable bonds is 44. The SMILES string of the molecule is CCCCCCCCCCC/C=C\C/C=C\CCCCCCCCCCCCCC(O)CC(=O)NC(CO)C(O)CCCCCCCCCCCCCC. The second-order valence-corrected chi connectivity index (χ2v) is 16.7. The third-order valence-electron chi connectivity index (χ3n) is 11.3. The van der Waals surface area contributed by atoms with Crippen LogP contribution in [0.4, 0.5) is 0 Å². The largest absolute Gasteiger partial charge is 0.394 e. The molecular weight excluding hydrogens is 667 g/mol. The van der Waals surface area contributed by atoms with Crippen LogP contribution < -0.4 is 5.32 Å². The molecule has 0 saturated heterocycles. The number of nitrogens with one attached hydrogen (secondary N) is 1. The number of hydrogen-bond acceptors (Lipinski definition) is 4. The molecule has 0 saturated carbocycles. The monoisotopic (exact) mass is 762 g/mol. The minimum atomic E-state index is -0.747. The molecule has 3 unspecified atom stereocenters. The molecule has 5 heteroatoms. The zero-order chi connectivity index (χ0) is 39.4. The van der Waals surface area contributed by atoms with Gasteiger partial charge in [-0.05, 0) is 44.9 Å². The van der Waals surface area contributed by atoms with Gasteiger partial charge in [0.2, 0.25) is 5.91 Å². The molecule has 0 heterocycles. The van der Waals surface area contributed by atoms with Crippen molar-refractivity contribution in [3.63, 3.8) is 0 Å². The van der Waals surface area contributed by atoms with Crippen molar-refractivity contribution < 1.29 is 20.1 Å². The zero-order valence-corrected chi connectivity index (χ0v) is 36.4. The average molecular weight is 762 g/mol. The van der Waals surface area contributed by atoms with E-state index in [0.717, 1.165) is 32.1 Å². The molecule has 54 heavy (non-hydrogen) atoms. The summed E-state index contributed by atoms with van der Waals surface area (Å²) in [6.07, 6.45) is 54.5. The maximum absolute atomic E-state index is 12.5. The predicted octanol–water partition coefficient (Wildman–Crippen LogP) is 14.2. The fraction of sp³-hybridized carbons (Fsp3) is 0.898. The Balaban J connectivity index is 3.54. The fourth-order valence-electron chi connectivity index (χ4n) is 7.55. The van der Waals surface area contributed by atoms with Gasteiger partial charge in [0.15, 0.2) is 0 Å². The molecule has 0 aliphatic rings. The molecule has 5 nitrogen and oxygen atoms in total. The first-order chi connectivity index (χ1) is 26.5. The highest BCUT2D eigenvalue weighted by atomic mass is 16.3. The summed E-state index contributed by atoms with van der Waals surface area (Å²) < 4.78 is 0. The van der Waals surface area contributed by atoms with Crippen LogP contribution in [0.5, 0.6) is 0 Å².